The highest BCUT2D eigenvalue weighted by Crippen LogP contribution is 2.21. The molecule has 2 rings (SSSR count). The van der Waals surface area contributed by atoms with E-state index in [0.29, 0.717) is 24.6 Å². The Morgan fingerprint density at radius 3 is 2.40 bits per heavy atom. The average Bonchev–Trinajstić information content (AvgIpc) is 2.48. The van der Waals surface area contributed by atoms with Gasteiger partial charge in [-0.25, -0.2) is 0 Å². The molecule has 0 radical (unpaired) electrons. The van der Waals surface area contributed by atoms with Gasteiger partial charge in [0.25, 0.3) is 0 Å². The van der Waals surface area contributed by atoms with Gasteiger partial charge in [-0.3, -0.25) is 0 Å². The maximum Gasteiger partial charge on any atom is 0.119 e. The number of nitroso groups, excluding NO2 is 1. The van der Waals surface area contributed by atoms with Crippen LogP contribution < -0.4 is 4.74 Å². The monoisotopic (exact) mass is 269 g/mol. The maximum atomic E-state index is 10.7. The molecule has 104 valence electrons. The molecule has 2 aromatic rings. The predicted molar refractivity (Wildman–Crippen MR) is 81.6 cm³/mol. The van der Waals surface area contributed by atoms with Gasteiger partial charge in [0.1, 0.15) is 11.4 Å². The van der Waals surface area contributed by atoms with Gasteiger partial charge in [-0.2, -0.15) is 0 Å². The van der Waals surface area contributed by atoms with Gasteiger partial charge in [-0.05, 0) is 40.4 Å². The predicted octanol–water partition coefficient (Wildman–Crippen LogP) is 4.83. The van der Waals surface area contributed by atoms with Crippen LogP contribution in [0.25, 0.3) is 0 Å². The lowest BCUT2D eigenvalue weighted by Gasteiger charge is -2.09. The summed E-state index contributed by atoms with van der Waals surface area (Å²) in [7, 11) is 0. The van der Waals surface area contributed by atoms with Gasteiger partial charge in [0.2, 0.25) is 0 Å². The molecule has 20 heavy (non-hydrogen) atoms. The van der Waals surface area contributed by atoms with Crippen molar-refractivity contribution in [3.05, 3.63) is 64.6 Å². The number of ether oxygens (including phenoxy) is 1. The molecule has 3 nitrogen and oxygen atoms in total. The van der Waals surface area contributed by atoms with E-state index in [2.05, 4.69) is 31.2 Å². The van der Waals surface area contributed by atoms with Crippen LogP contribution in [0.3, 0.4) is 0 Å². The Bertz CT molecular complexity index is 561. The van der Waals surface area contributed by atoms with Gasteiger partial charge in [-0.1, -0.05) is 44.2 Å². The Hall–Kier alpha value is -2.16. The minimum Gasteiger partial charge on any atom is -0.493 e. The van der Waals surface area contributed by atoms with Crippen LogP contribution in [0.4, 0.5) is 5.69 Å². The van der Waals surface area contributed by atoms with E-state index in [9.17, 15) is 4.91 Å². The number of benzene rings is 2. The molecule has 0 aromatic heterocycles. The normalized spacial score (nSPS) is 10.6. The molecule has 0 saturated carbocycles. The van der Waals surface area contributed by atoms with Crippen LogP contribution in [0.15, 0.2) is 53.7 Å². The lowest BCUT2D eigenvalue weighted by Crippen LogP contribution is -2.01. The van der Waals surface area contributed by atoms with Gasteiger partial charge in [0, 0.05) is 6.42 Å². The summed E-state index contributed by atoms with van der Waals surface area (Å²) in [5.74, 6) is 1.38. The van der Waals surface area contributed by atoms with Crippen molar-refractivity contribution in [2.75, 3.05) is 6.61 Å². The molecule has 0 bridgehead atoms. The molecule has 0 amide bonds. The van der Waals surface area contributed by atoms with Crippen LogP contribution >= 0.6 is 0 Å². The Morgan fingerprint density at radius 2 is 1.75 bits per heavy atom. The minimum absolute atomic E-state index is 0.492. The van der Waals surface area contributed by atoms with Crippen LogP contribution in [0.2, 0.25) is 0 Å². The first kappa shape index (κ1) is 14.3. The standard InChI is InChI=1S/C17H19NO2/c1-13(2)14-7-9-16(10-8-14)20-12-11-15-5-3-4-6-17(15)18-19/h3-10,13H,11-12H2,1-2H3. The number of nitrogens with zero attached hydrogens (tertiary/aromatic N) is 1. The second-order valence-corrected chi connectivity index (χ2v) is 5.04. The van der Waals surface area contributed by atoms with Gasteiger partial charge < -0.3 is 4.74 Å². The Morgan fingerprint density at radius 1 is 1.05 bits per heavy atom. The third-order valence-electron chi connectivity index (χ3n) is 3.28. The van der Waals surface area contributed by atoms with Crippen molar-refractivity contribution in [1.29, 1.82) is 0 Å². The van der Waals surface area contributed by atoms with Gasteiger partial charge in [-0.15, -0.1) is 4.91 Å². The fraction of sp³-hybridized carbons (Fsp3) is 0.294. The first-order valence-corrected chi connectivity index (χ1v) is 6.84. The van der Waals surface area contributed by atoms with Gasteiger partial charge in [0.05, 0.1) is 6.61 Å². The zero-order valence-electron chi connectivity index (χ0n) is 11.9. The van der Waals surface area contributed by atoms with Crippen molar-refractivity contribution in [2.45, 2.75) is 26.2 Å². The first-order chi connectivity index (χ1) is 9.70. The Balaban J connectivity index is 1.91. The molecule has 0 aliphatic carbocycles. The molecule has 0 N–H and O–H groups in total. The number of rotatable bonds is 6. The highest BCUT2D eigenvalue weighted by molar-refractivity contribution is 5.45. The fourth-order valence-corrected chi connectivity index (χ4v) is 2.04. The van der Waals surface area contributed by atoms with E-state index in [1.807, 2.05) is 30.3 Å². The van der Waals surface area contributed by atoms with Gasteiger partial charge in [0.15, 0.2) is 0 Å². The Labute approximate surface area is 119 Å². The molecule has 0 unspecified atom stereocenters. The van der Waals surface area contributed by atoms with Crippen molar-refractivity contribution in [3.8, 4) is 5.75 Å². The summed E-state index contributed by atoms with van der Waals surface area (Å²) in [4.78, 5) is 10.7. The summed E-state index contributed by atoms with van der Waals surface area (Å²) in [6.45, 7) is 4.87. The van der Waals surface area contributed by atoms with E-state index in [1.165, 1.54) is 5.56 Å². The smallest absolute Gasteiger partial charge is 0.119 e. The lowest BCUT2D eigenvalue weighted by molar-refractivity contribution is 0.322. The van der Waals surface area contributed by atoms with Crippen molar-refractivity contribution in [2.24, 2.45) is 5.18 Å². The second kappa shape index (κ2) is 6.85. The van der Waals surface area contributed by atoms with Crippen LogP contribution in [-0.4, -0.2) is 6.61 Å². The van der Waals surface area contributed by atoms with Crippen molar-refractivity contribution >= 4 is 5.69 Å². The molecule has 0 atom stereocenters. The van der Waals surface area contributed by atoms with Gasteiger partial charge >= 0.3 is 0 Å². The zero-order valence-corrected chi connectivity index (χ0v) is 11.9. The van der Waals surface area contributed by atoms with E-state index >= 15 is 0 Å². The topological polar surface area (TPSA) is 38.7 Å². The summed E-state index contributed by atoms with van der Waals surface area (Å²) in [6.07, 6.45) is 0.674. The van der Waals surface area contributed by atoms with E-state index in [1.54, 1.807) is 6.07 Å². The zero-order chi connectivity index (χ0) is 14.4. The number of hydrogen-bond donors (Lipinski definition) is 0. The lowest BCUT2D eigenvalue weighted by atomic mass is 10.0. The molecule has 0 aliphatic rings. The van der Waals surface area contributed by atoms with E-state index < -0.39 is 0 Å². The minimum atomic E-state index is 0.492. The molecule has 3 heteroatoms. The van der Waals surface area contributed by atoms with E-state index in [-0.39, 0.29) is 0 Å². The molecular formula is C17H19NO2. The summed E-state index contributed by atoms with van der Waals surface area (Å²) < 4.78 is 5.70. The van der Waals surface area contributed by atoms with Crippen molar-refractivity contribution in [1.82, 2.24) is 0 Å². The summed E-state index contributed by atoms with van der Waals surface area (Å²) in [5.41, 5.74) is 2.71. The van der Waals surface area contributed by atoms with Crippen LogP contribution in [0, 0.1) is 4.91 Å². The number of hydrogen-bond acceptors (Lipinski definition) is 3. The fourth-order valence-electron chi connectivity index (χ4n) is 2.04. The maximum absolute atomic E-state index is 10.7. The molecule has 0 fully saturated rings. The highest BCUT2D eigenvalue weighted by atomic mass is 16.5. The van der Waals surface area contributed by atoms with Crippen molar-refractivity contribution < 1.29 is 4.74 Å². The molecule has 0 spiro atoms. The molecule has 0 saturated heterocycles. The third kappa shape index (κ3) is 3.67. The molecular weight excluding hydrogens is 250 g/mol. The average molecular weight is 269 g/mol. The molecule has 2 aromatic carbocycles. The third-order valence-corrected chi connectivity index (χ3v) is 3.28. The van der Waals surface area contributed by atoms with Crippen LogP contribution in [-0.2, 0) is 6.42 Å². The SMILES string of the molecule is CC(C)c1ccc(OCCc2ccccc2N=O)cc1. The highest BCUT2D eigenvalue weighted by Gasteiger charge is 2.03. The summed E-state index contributed by atoms with van der Waals surface area (Å²) in [6, 6.07) is 15.5. The first-order valence-electron chi connectivity index (χ1n) is 6.84. The largest absolute Gasteiger partial charge is 0.493 e. The van der Waals surface area contributed by atoms with Crippen LogP contribution in [0.5, 0.6) is 5.75 Å². The summed E-state index contributed by atoms with van der Waals surface area (Å²) in [5, 5.41) is 3.02. The van der Waals surface area contributed by atoms with Crippen LogP contribution in [0.1, 0.15) is 30.9 Å². The van der Waals surface area contributed by atoms with E-state index in [0.717, 1.165) is 11.3 Å². The summed E-state index contributed by atoms with van der Waals surface area (Å²) >= 11 is 0. The van der Waals surface area contributed by atoms with Crippen molar-refractivity contribution in [3.63, 3.8) is 0 Å². The quantitative estimate of drug-likeness (QED) is 0.704. The van der Waals surface area contributed by atoms with E-state index in [4.69, 9.17) is 4.74 Å². The molecule has 0 heterocycles. The second-order valence-electron chi connectivity index (χ2n) is 5.04. The Kier molecular flexibility index (Phi) is 4.88. The molecule has 0 aliphatic heterocycles.